The molecule has 0 aromatic heterocycles. The van der Waals surface area contributed by atoms with Crippen molar-refractivity contribution in [3.63, 3.8) is 0 Å². The van der Waals surface area contributed by atoms with Gasteiger partial charge in [0.15, 0.2) is 5.96 Å². The number of nitrogens with one attached hydrogen (secondary N) is 2. The Kier molecular flexibility index (Phi) is 9.81. The molecule has 0 fully saturated rings. The molecule has 8 heteroatoms. The predicted octanol–water partition coefficient (Wildman–Crippen LogP) is 4.56. The lowest BCUT2D eigenvalue weighted by Crippen LogP contribution is -2.36. The number of alkyl halides is 3. The van der Waals surface area contributed by atoms with Crippen LogP contribution in [-0.2, 0) is 35.8 Å². The lowest BCUT2D eigenvalue weighted by atomic mass is 10.1. The van der Waals surface area contributed by atoms with Crippen molar-refractivity contribution < 1.29 is 22.6 Å². The lowest BCUT2D eigenvalue weighted by molar-refractivity contribution is -0.176. The molecule has 2 aromatic carbocycles. The lowest BCUT2D eigenvalue weighted by Gasteiger charge is -2.13. The number of hydrogen-bond donors (Lipinski definition) is 2. The van der Waals surface area contributed by atoms with Gasteiger partial charge < -0.3 is 20.1 Å². The number of ether oxygens (including phenoxy) is 2. The fourth-order valence-electron chi connectivity index (χ4n) is 2.72. The molecule has 2 N–H and O–H groups in total. The summed E-state index contributed by atoms with van der Waals surface area (Å²) in [7, 11) is 1.70. The summed E-state index contributed by atoms with van der Waals surface area (Å²) >= 11 is 0. The van der Waals surface area contributed by atoms with Crippen LogP contribution in [-0.4, -0.2) is 31.9 Å². The van der Waals surface area contributed by atoms with E-state index in [0.29, 0.717) is 31.2 Å². The average molecular weight is 438 g/mol. The van der Waals surface area contributed by atoms with Gasteiger partial charge in [-0.1, -0.05) is 48.5 Å². The largest absolute Gasteiger partial charge is 0.411 e. The highest BCUT2D eigenvalue weighted by molar-refractivity contribution is 5.79. The normalized spacial score (nSPS) is 12.3. The Labute approximate surface area is 181 Å². The van der Waals surface area contributed by atoms with Gasteiger partial charge in [-0.15, -0.1) is 0 Å². The number of rotatable bonds is 10. The van der Waals surface area contributed by atoms with Crippen LogP contribution < -0.4 is 10.6 Å². The molecule has 5 nitrogen and oxygen atoms in total. The first-order valence-corrected chi connectivity index (χ1v) is 10.1. The molecule has 2 rings (SSSR count). The van der Waals surface area contributed by atoms with E-state index in [1.807, 2.05) is 44.2 Å². The van der Waals surface area contributed by atoms with Crippen molar-refractivity contribution in [2.75, 3.05) is 13.7 Å². The van der Waals surface area contributed by atoms with Crippen molar-refractivity contribution in [1.82, 2.24) is 10.6 Å². The molecule has 170 valence electrons. The molecule has 0 saturated carbocycles. The molecule has 0 saturated heterocycles. The maximum absolute atomic E-state index is 12.1. The third-order valence-corrected chi connectivity index (χ3v) is 4.28. The van der Waals surface area contributed by atoms with Gasteiger partial charge in [0.25, 0.3) is 0 Å². The summed E-state index contributed by atoms with van der Waals surface area (Å²) in [4.78, 5) is 4.22. The van der Waals surface area contributed by atoms with Crippen LogP contribution in [0.4, 0.5) is 13.2 Å². The van der Waals surface area contributed by atoms with E-state index in [1.165, 1.54) is 0 Å². The summed E-state index contributed by atoms with van der Waals surface area (Å²) in [6.07, 6.45) is -4.12. The van der Waals surface area contributed by atoms with E-state index in [9.17, 15) is 13.2 Å². The number of hydrogen-bond acceptors (Lipinski definition) is 3. The van der Waals surface area contributed by atoms with Crippen molar-refractivity contribution in [3.8, 4) is 0 Å². The van der Waals surface area contributed by atoms with E-state index in [0.717, 1.165) is 16.7 Å². The molecular formula is C23H30F3N3O2. The molecule has 0 unspecified atom stereocenters. The average Bonchev–Trinajstić information content (AvgIpc) is 2.73. The summed E-state index contributed by atoms with van der Waals surface area (Å²) in [5.74, 6) is 0.654. The second-order valence-electron chi connectivity index (χ2n) is 7.38. The molecule has 31 heavy (non-hydrogen) atoms. The first kappa shape index (κ1) is 24.7. The molecule has 0 radical (unpaired) electrons. The Balaban J connectivity index is 1.77. The summed E-state index contributed by atoms with van der Waals surface area (Å²) in [6.45, 7) is 4.43. The highest BCUT2D eigenvalue weighted by Gasteiger charge is 2.27. The molecule has 0 heterocycles. The highest BCUT2D eigenvalue weighted by Crippen LogP contribution is 2.16. The van der Waals surface area contributed by atoms with Crippen LogP contribution in [0.15, 0.2) is 53.5 Å². The van der Waals surface area contributed by atoms with Gasteiger partial charge in [0.1, 0.15) is 6.61 Å². The molecular weight excluding hydrogens is 407 g/mol. The maximum atomic E-state index is 12.1. The third-order valence-electron chi connectivity index (χ3n) is 4.28. The number of guanidine groups is 1. The van der Waals surface area contributed by atoms with E-state index in [4.69, 9.17) is 4.74 Å². The van der Waals surface area contributed by atoms with Crippen molar-refractivity contribution >= 4 is 5.96 Å². The molecule has 0 aliphatic rings. The Hall–Kier alpha value is -2.58. The Morgan fingerprint density at radius 2 is 1.52 bits per heavy atom. The number of halogens is 3. The van der Waals surface area contributed by atoms with Crippen LogP contribution in [0.5, 0.6) is 0 Å². The molecule has 2 aromatic rings. The molecule has 0 aliphatic heterocycles. The maximum Gasteiger partial charge on any atom is 0.411 e. The minimum atomic E-state index is -4.31. The zero-order valence-electron chi connectivity index (χ0n) is 18.1. The van der Waals surface area contributed by atoms with E-state index in [2.05, 4.69) is 26.4 Å². The van der Waals surface area contributed by atoms with Gasteiger partial charge in [0, 0.05) is 20.1 Å². The minimum absolute atomic E-state index is 0.0717. The highest BCUT2D eigenvalue weighted by atomic mass is 19.4. The van der Waals surface area contributed by atoms with Gasteiger partial charge in [-0.2, -0.15) is 13.2 Å². The van der Waals surface area contributed by atoms with E-state index in [1.54, 1.807) is 19.2 Å². The van der Waals surface area contributed by atoms with Crippen molar-refractivity contribution in [1.29, 1.82) is 0 Å². The van der Waals surface area contributed by atoms with Crippen LogP contribution in [0.1, 0.15) is 36.1 Å². The molecule has 0 amide bonds. The smallest absolute Gasteiger partial charge is 0.374 e. The van der Waals surface area contributed by atoms with Crippen LogP contribution in [0.25, 0.3) is 0 Å². The monoisotopic (exact) mass is 437 g/mol. The summed E-state index contributed by atoms with van der Waals surface area (Å²) < 4.78 is 46.7. The Morgan fingerprint density at radius 3 is 2.13 bits per heavy atom. The standard InChI is InChI=1S/C23H30F3N3O2/c1-17(2)31-15-21-6-4-5-20(11-21)13-29-22(27-3)28-12-18-7-9-19(10-8-18)14-30-16-23(24,25)26/h4-11,17H,12-16H2,1-3H3,(H2,27,28,29). The summed E-state index contributed by atoms with van der Waals surface area (Å²) in [6, 6.07) is 15.4. The Morgan fingerprint density at radius 1 is 0.903 bits per heavy atom. The van der Waals surface area contributed by atoms with Crippen molar-refractivity contribution in [3.05, 3.63) is 70.8 Å². The quantitative estimate of drug-likeness (QED) is 0.423. The van der Waals surface area contributed by atoms with E-state index >= 15 is 0 Å². The second-order valence-corrected chi connectivity index (χ2v) is 7.38. The van der Waals surface area contributed by atoms with Gasteiger partial charge in [-0.05, 0) is 36.1 Å². The minimum Gasteiger partial charge on any atom is -0.374 e. The predicted molar refractivity (Wildman–Crippen MR) is 116 cm³/mol. The van der Waals surface area contributed by atoms with E-state index in [-0.39, 0.29) is 12.7 Å². The summed E-state index contributed by atoms with van der Waals surface area (Å²) in [5.41, 5.74) is 3.92. The van der Waals surface area contributed by atoms with Crippen LogP contribution in [0.3, 0.4) is 0 Å². The SMILES string of the molecule is CN=C(NCc1ccc(COCC(F)(F)F)cc1)NCc1cccc(COC(C)C)c1. The first-order chi connectivity index (χ1) is 14.7. The van der Waals surface area contributed by atoms with Gasteiger partial charge in [-0.25, -0.2) is 0 Å². The fourth-order valence-corrected chi connectivity index (χ4v) is 2.72. The van der Waals surface area contributed by atoms with Gasteiger partial charge >= 0.3 is 6.18 Å². The third kappa shape index (κ3) is 10.3. The van der Waals surface area contributed by atoms with Crippen molar-refractivity contribution in [2.24, 2.45) is 4.99 Å². The molecule has 0 bridgehead atoms. The van der Waals surface area contributed by atoms with E-state index < -0.39 is 12.8 Å². The fraction of sp³-hybridized carbons (Fsp3) is 0.435. The Bertz CT molecular complexity index is 822. The first-order valence-electron chi connectivity index (χ1n) is 10.1. The molecule has 0 aliphatic carbocycles. The topological polar surface area (TPSA) is 54.9 Å². The second kappa shape index (κ2) is 12.3. The molecule has 0 spiro atoms. The van der Waals surface area contributed by atoms with Crippen LogP contribution >= 0.6 is 0 Å². The van der Waals surface area contributed by atoms with Crippen molar-refractivity contribution in [2.45, 2.75) is 52.4 Å². The number of aliphatic imine (C=N–C) groups is 1. The number of benzene rings is 2. The van der Waals surface area contributed by atoms with Gasteiger partial charge in [-0.3, -0.25) is 4.99 Å². The number of nitrogens with zero attached hydrogens (tertiary/aromatic N) is 1. The molecule has 0 atom stereocenters. The zero-order valence-corrected chi connectivity index (χ0v) is 18.1. The van der Waals surface area contributed by atoms with Gasteiger partial charge in [0.05, 0.1) is 19.3 Å². The zero-order chi connectivity index (χ0) is 22.7. The van der Waals surface area contributed by atoms with Crippen LogP contribution in [0.2, 0.25) is 0 Å². The van der Waals surface area contributed by atoms with Crippen LogP contribution in [0, 0.1) is 0 Å². The van der Waals surface area contributed by atoms with Gasteiger partial charge in [0.2, 0.25) is 0 Å². The summed E-state index contributed by atoms with van der Waals surface area (Å²) in [5, 5.41) is 6.50.